The predicted octanol–water partition coefficient (Wildman–Crippen LogP) is 4.73. The lowest BCUT2D eigenvalue weighted by Crippen LogP contribution is -2.34. The molecule has 9 heteroatoms. The van der Waals surface area contributed by atoms with E-state index in [1.54, 1.807) is 18.6 Å². The Morgan fingerprint density at radius 2 is 1.89 bits per heavy atom. The molecule has 186 valence electrons. The third kappa shape index (κ3) is 6.10. The van der Waals surface area contributed by atoms with Crippen LogP contribution < -0.4 is 20.3 Å². The first-order valence-corrected chi connectivity index (χ1v) is 12.4. The molecule has 0 bridgehead atoms. The number of carbonyl (C=O) groups excluding carboxylic acids is 1. The zero-order valence-corrected chi connectivity index (χ0v) is 20.1. The van der Waals surface area contributed by atoms with E-state index in [0.717, 1.165) is 56.0 Å². The highest BCUT2D eigenvalue weighted by Crippen LogP contribution is 2.25. The largest absolute Gasteiger partial charge is 0.474 e. The number of nitrogens with one attached hydrogen (secondary N) is 3. The quantitative estimate of drug-likeness (QED) is 0.434. The number of H-pyrrole nitrogens is 1. The summed E-state index contributed by atoms with van der Waals surface area (Å²) in [6.45, 7) is 2.85. The Bertz CT molecular complexity index is 1090. The lowest BCUT2D eigenvalue weighted by atomic mass is 10.2. The summed E-state index contributed by atoms with van der Waals surface area (Å²) in [7, 11) is 2.16. The number of imidazole rings is 1. The number of urea groups is 1. The summed E-state index contributed by atoms with van der Waals surface area (Å²) in [4.78, 5) is 28.8. The fraction of sp³-hybridized carbons (Fsp3) is 0.423. The van der Waals surface area contributed by atoms with Crippen LogP contribution in [0.2, 0.25) is 0 Å². The summed E-state index contributed by atoms with van der Waals surface area (Å²) in [5.74, 6) is 0.607. The van der Waals surface area contributed by atoms with Crippen molar-refractivity contribution in [1.82, 2.24) is 19.9 Å². The first kappa shape index (κ1) is 23.2. The normalized spacial score (nSPS) is 18.2. The van der Waals surface area contributed by atoms with E-state index in [4.69, 9.17) is 4.74 Å². The maximum absolute atomic E-state index is 12.4. The molecule has 9 nitrogen and oxygen atoms in total. The number of likely N-dealkylation sites (N-methyl/N-ethyl adjacent to an activating group) is 1. The molecule has 1 aromatic carbocycles. The highest BCUT2D eigenvalue weighted by atomic mass is 16.5. The van der Waals surface area contributed by atoms with Gasteiger partial charge in [0.05, 0.1) is 18.2 Å². The molecule has 1 saturated heterocycles. The van der Waals surface area contributed by atoms with Crippen molar-refractivity contribution in [3.05, 3.63) is 60.8 Å². The zero-order chi connectivity index (χ0) is 24.0. The first-order valence-electron chi connectivity index (χ1n) is 12.4. The van der Waals surface area contributed by atoms with E-state index >= 15 is 0 Å². The van der Waals surface area contributed by atoms with Crippen LogP contribution >= 0.6 is 0 Å². The molecule has 2 amide bonds. The number of aromatic amines is 1. The van der Waals surface area contributed by atoms with Gasteiger partial charge >= 0.3 is 6.03 Å². The Hall–Kier alpha value is -3.59. The topological polar surface area (TPSA) is 98.4 Å². The molecule has 35 heavy (non-hydrogen) atoms. The Morgan fingerprint density at radius 1 is 1.11 bits per heavy atom. The lowest BCUT2D eigenvalue weighted by Gasteiger charge is -2.25. The second-order valence-electron chi connectivity index (χ2n) is 9.42. The average Bonchev–Trinajstić information content (AvgIpc) is 3.64. The molecule has 0 radical (unpaired) electrons. The number of amides is 2. The van der Waals surface area contributed by atoms with E-state index in [-0.39, 0.29) is 13.6 Å². The Labute approximate surface area is 207 Å². The zero-order valence-electron chi connectivity index (χ0n) is 20.1. The number of nitrogens with zero attached hydrogens (tertiary/aromatic N) is 4. The summed E-state index contributed by atoms with van der Waals surface area (Å²) in [6, 6.07) is 11.8. The fourth-order valence-corrected chi connectivity index (χ4v) is 4.85. The van der Waals surface area contributed by atoms with Crippen molar-refractivity contribution in [2.24, 2.45) is 0 Å². The molecule has 0 spiro atoms. The van der Waals surface area contributed by atoms with Crippen LogP contribution in [0.5, 0.6) is 5.88 Å². The van der Waals surface area contributed by atoms with Gasteiger partial charge in [-0.25, -0.2) is 14.8 Å². The van der Waals surface area contributed by atoms with E-state index in [1.165, 1.54) is 12.8 Å². The van der Waals surface area contributed by atoms with Crippen molar-refractivity contribution in [2.45, 2.75) is 50.8 Å². The van der Waals surface area contributed by atoms with E-state index < -0.39 is 0 Å². The van der Waals surface area contributed by atoms with Crippen molar-refractivity contribution >= 4 is 23.1 Å². The van der Waals surface area contributed by atoms with Crippen molar-refractivity contribution in [2.75, 3.05) is 35.7 Å². The average molecular weight is 478 g/mol. The Balaban J connectivity index is 0.00000304. The van der Waals surface area contributed by atoms with Crippen LogP contribution in [0.1, 0.15) is 39.2 Å². The van der Waals surface area contributed by atoms with Gasteiger partial charge in [-0.2, -0.15) is 0 Å². The molecule has 3 aromatic rings. The van der Waals surface area contributed by atoms with Gasteiger partial charge in [0, 0.05) is 56.4 Å². The van der Waals surface area contributed by atoms with Gasteiger partial charge in [-0.05, 0) is 69.5 Å². The number of pyridine rings is 1. The molecule has 1 aliphatic heterocycles. The number of hydrogen-bond acceptors (Lipinski definition) is 6. The summed E-state index contributed by atoms with van der Waals surface area (Å²) in [5, 5.41) is 5.71. The SMILES string of the molecule is CN(Cc1cnc[nH]1)C1CCN(c2ccc(NC(=O)Nc3ccc(OC4CCCC4)nc3)cc2)C1.[HH]. The number of rotatable bonds is 8. The summed E-state index contributed by atoms with van der Waals surface area (Å²) >= 11 is 0. The van der Waals surface area contributed by atoms with Gasteiger partial charge < -0.3 is 25.3 Å². The molecule has 5 rings (SSSR count). The van der Waals surface area contributed by atoms with Crippen LogP contribution in [0, 0.1) is 0 Å². The number of benzene rings is 1. The summed E-state index contributed by atoms with van der Waals surface area (Å²) in [5.41, 5.74) is 3.66. The van der Waals surface area contributed by atoms with Gasteiger partial charge in [0.25, 0.3) is 0 Å². The molecule has 1 atom stereocenters. The van der Waals surface area contributed by atoms with Crippen molar-refractivity contribution in [1.29, 1.82) is 0 Å². The van der Waals surface area contributed by atoms with Gasteiger partial charge in [-0.3, -0.25) is 4.90 Å². The molecule has 1 aliphatic carbocycles. The Morgan fingerprint density at radius 3 is 2.60 bits per heavy atom. The summed E-state index contributed by atoms with van der Waals surface area (Å²) in [6.07, 6.45) is 11.2. The van der Waals surface area contributed by atoms with E-state index in [1.807, 2.05) is 24.4 Å². The monoisotopic (exact) mass is 477 g/mol. The maximum Gasteiger partial charge on any atom is 0.323 e. The Kier molecular flexibility index (Phi) is 7.13. The van der Waals surface area contributed by atoms with E-state index in [2.05, 4.69) is 54.6 Å². The third-order valence-electron chi connectivity index (χ3n) is 6.84. The molecular weight excluding hydrogens is 442 g/mol. The van der Waals surface area contributed by atoms with Crippen molar-refractivity contribution in [3.8, 4) is 5.88 Å². The molecule has 1 saturated carbocycles. The highest BCUT2D eigenvalue weighted by Gasteiger charge is 2.26. The number of ether oxygens (including phenoxy) is 1. The minimum absolute atomic E-state index is 0. The van der Waals surface area contributed by atoms with Crippen LogP contribution in [-0.2, 0) is 6.54 Å². The molecule has 3 N–H and O–H groups in total. The molecule has 1 unspecified atom stereocenters. The molecule has 2 fully saturated rings. The highest BCUT2D eigenvalue weighted by molar-refractivity contribution is 5.99. The molecule has 2 aliphatic rings. The van der Waals surface area contributed by atoms with Gasteiger partial charge in [0.15, 0.2) is 0 Å². The number of carbonyl (C=O) groups is 1. The second-order valence-corrected chi connectivity index (χ2v) is 9.42. The maximum atomic E-state index is 12.4. The van der Waals surface area contributed by atoms with Gasteiger partial charge in [-0.1, -0.05) is 0 Å². The van der Waals surface area contributed by atoms with Crippen LogP contribution in [0.4, 0.5) is 21.9 Å². The van der Waals surface area contributed by atoms with Crippen LogP contribution in [0.25, 0.3) is 0 Å². The number of hydrogen-bond donors (Lipinski definition) is 3. The van der Waals surface area contributed by atoms with Crippen LogP contribution in [-0.4, -0.2) is 58.2 Å². The van der Waals surface area contributed by atoms with Crippen LogP contribution in [0.3, 0.4) is 0 Å². The lowest BCUT2D eigenvalue weighted by molar-refractivity contribution is 0.201. The van der Waals surface area contributed by atoms with E-state index in [9.17, 15) is 4.79 Å². The second kappa shape index (κ2) is 10.8. The van der Waals surface area contributed by atoms with Gasteiger partial charge in [0.2, 0.25) is 5.88 Å². The van der Waals surface area contributed by atoms with Gasteiger partial charge in [-0.15, -0.1) is 0 Å². The van der Waals surface area contributed by atoms with Gasteiger partial charge in [0.1, 0.15) is 6.10 Å². The van der Waals surface area contributed by atoms with Crippen LogP contribution in [0.15, 0.2) is 55.1 Å². The molecular formula is C26H35N7O2. The minimum atomic E-state index is -0.300. The minimum Gasteiger partial charge on any atom is -0.474 e. The standard InChI is InChI=1S/C26H33N7O2.H2/c1-32(16-21-14-27-18-29-21)23-12-13-33(17-23)22-9-6-19(7-10-22)30-26(34)31-20-8-11-25(28-15-20)35-24-4-2-3-5-24;/h6-11,14-15,18,23-24H,2-5,12-13,16-17H2,1H3,(H,27,29)(H2,30,31,34);1H. The fourth-order valence-electron chi connectivity index (χ4n) is 4.85. The smallest absolute Gasteiger partial charge is 0.323 e. The summed E-state index contributed by atoms with van der Waals surface area (Å²) < 4.78 is 5.88. The molecule has 2 aromatic heterocycles. The molecule has 3 heterocycles. The first-order chi connectivity index (χ1) is 17.1. The predicted molar refractivity (Wildman–Crippen MR) is 139 cm³/mol. The van der Waals surface area contributed by atoms with E-state index in [0.29, 0.717) is 17.6 Å². The number of anilines is 3. The van der Waals surface area contributed by atoms with Crippen molar-refractivity contribution < 1.29 is 11.0 Å². The number of aromatic nitrogens is 3. The third-order valence-corrected chi connectivity index (χ3v) is 6.84. The van der Waals surface area contributed by atoms with Crippen molar-refractivity contribution in [3.63, 3.8) is 0 Å².